The first-order valence-corrected chi connectivity index (χ1v) is 12.0. The Morgan fingerprint density at radius 2 is 1.53 bits per heavy atom. The van der Waals surface area contributed by atoms with Crippen LogP contribution in [0, 0.1) is 16.0 Å². The van der Waals surface area contributed by atoms with Crippen molar-refractivity contribution in [1.29, 1.82) is 0 Å². The van der Waals surface area contributed by atoms with Crippen molar-refractivity contribution >= 4 is 23.8 Å². The van der Waals surface area contributed by atoms with Gasteiger partial charge in [-0.25, -0.2) is 10.2 Å². The third kappa shape index (κ3) is 5.05. The van der Waals surface area contributed by atoms with Gasteiger partial charge >= 0.3 is 5.97 Å². The molecule has 8 nitrogen and oxygen atoms in total. The Hall–Kier alpha value is -5.11. The molecule has 0 unspecified atom stereocenters. The maximum Gasteiger partial charge on any atom is 0.343 e. The molecular formula is C30H23N3O5. The van der Waals surface area contributed by atoms with E-state index < -0.39 is 10.9 Å². The molecule has 1 amide bonds. The van der Waals surface area contributed by atoms with Crippen molar-refractivity contribution in [2.75, 3.05) is 0 Å². The standard InChI is InChI=1S/C30H23N3O5/c34-28(27-19-30(27,23-9-3-1-4-10-23)24-11-5-2-6-12-24)32-31-20-21-8-7-13-26(18-21)38-29(35)22-14-16-25(17-15-22)33(36)37/h1-18,20,27H,19H2,(H,32,34)/b31-20-/t27-/m1/s1. The Balaban J connectivity index is 1.24. The van der Waals surface area contributed by atoms with Gasteiger partial charge in [0.15, 0.2) is 0 Å². The first-order chi connectivity index (χ1) is 18.5. The van der Waals surface area contributed by atoms with Crippen LogP contribution in [0.1, 0.15) is 33.5 Å². The molecule has 1 N–H and O–H groups in total. The number of carbonyl (C=O) groups excluding carboxylic acids is 2. The molecule has 0 heterocycles. The molecule has 188 valence electrons. The number of hydrazone groups is 1. The largest absolute Gasteiger partial charge is 0.423 e. The average Bonchev–Trinajstić information content (AvgIpc) is 3.72. The van der Waals surface area contributed by atoms with E-state index in [1.165, 1.54) is 30.5 Å². The molecule has 8 heteroatoms. The van der Waals surface area contributed by atoms with Crippen LogP contribution in [-0.4, -0.2) is 23.0 Å². The summed E-state index contributed by atoms with van der Waals surface area (Å²) in [5.41, 5.74) is 5.16. The van der Waals surface area contributed by atoms with Gasteiger partial charge in [-0.2, -0.15) is 5.10 Å². The highest BCUT2D eigenvalue weighted by Gasteiger charge is 2.60. The highest BCUT2D eigenvalue weighted by atomic mass is 16.6. The van der Waals surface area contributed by atoms with Crippen LogP contribution in [0.2, 0.25) is 0 Å². The van der Waals surface area contributed by atoms with E-state index in [0.29, 0.717) is 12.0 Å². The summed E-state index contributed by atoms with van der Waals surface area (Å²) < 4.78 is 5.38. The fourth-order valence-corrected chi connectivity index (χ4v) is 4.65. The van der Waals surface area contributed by atoms with Crippen molar-refractivity contribution in [3.8, 4) is 5.75 Å². The molecule has 1 fully saturated rings. The number of rotatable bonds is 8. The zero-order valence-corrected chi connectivity index (χ0v) is 20.2. The lowest BCUT2D eigenvalue weighted by atomic mass is 9.85. The van der Waals surface area contributed by atoms with Crippen molar-refractivity contribution in [3.05, 3.63) is 142 Å². The van der Waals surface area contributed by atoms with Gasteiger partial charge in [-0.1, -0.05) is 72.8 Å². The Labute approximate surface area is 218 Å². The highest BCUT2D eigenvalue weighted by Crippen LogP contribution is 2.58. The number of benzene rings is 4. The summed E-state index contributed by atoms with van der Waals surface area (Å²) in [5, 5.41) is 14.9. The van der Waals surface area contributed by atoms with E-state index in [2.05, 4.69) is 10.5 Å². The van der Waals surface area contributed by atoms with Gasteiger partial charge in [-0.05, 0) is 47.4 Å². The minimum absolute atomic E-state index is 0.113. The van der Waals surface area contributed by atoms with E-state index >= 15 is 0 Å². The zero-order chi connectivity index (χ0) is 26.5. The number of amides is 1. The van der Waals surface area contributed by atoms with E-state index in [1.807, 2.05) is 60.7 Å². The molecule has 4 aromatic rings. The molecular weight excluding hydrogens is 482 g/mol. The fraction of sp³-hybridized carbons (Fsp3) is 0.100. The minimum atomic E-state index is -0.644. The third-order valence-electron chi connectivity index (χ3n) is 6.63. The number of nitrogens with zero attached hydrogens (tertiary/aromatic N) is 2. The zero-order valence-electron chi connectivity index (χ0n) is 20.2. The predicted molar refractivity (Wildman–Crippen MR) is 142 cm³/mol. The van der Waals surface area contributed by atoms with Crippen LogP contribution in [-0.2, 0) is 10.2 Å². The molecule has 1 aliphatic carbocycles. The molecule has 0 bridgehead atoms. The van der Waals surface area contributed by atoms with Crippen LogP contribution in [0.25, 0.3) is 0 Å². The van der Waals surface area contributed by atoms with E-state index in [9.17, 15) is 19.7 Å². The van der Waals surface area contributed by atoms with E-state index in [-0.39, 0.29) is 34.2 Å². The first kappa shape index (κ1) is 24.6. The van der Waals surface area contributed by atoms with Crippen LogP contribution in [0.4, 0.5) is 5.69 Å². The quantitative estimate of drug-likeness (QED) is 0.115. The Kier molecular flexibility index (Phi) is 6.78. The number of non-ortho nitro benzene ring substituents is 1. The summed E-state index contributed by atoms with van der Waals surface area (Å²) in [5.74, 6) is -0.791. The summed E-state index contributed by atoms with van der Waals surface area (Å²) in [6, 6.07) is 31.9. The molecule has 0 radical (unpaired) electrons. The lowest BCUT2D eigenvalue weighted by Crippen LogP contribution is -2.25. The normalized spacial score (nSPS) is 15.5. The maximum absolute atomic E-state index is 13.1. The van der Waals surface area contributed by atoms with E-state index in [0.717, 1.165) is 11.1 Å². The summed E-state index contributed by atoms with van der Waals surface area (Å²) in [6.07, 6.45) is 2.17. The van der Waals surface area contributed by atoms with Crippen LogP contribution < -0.4 is 10.2 Å². The van der Waals surface area contributed by atoms with Crippen molar-refractivity contribution in [1.82, 2.24) is 5.43 Å². The molecule has 1 saturated carbocycles. The number of nitro groups is 1. The van der Waals surface area contributed by atoms with Crippen LogP contribution in [0.3, 0.4) is 0 Å². The monoisotopic (exact) mass is 505 g/mol. The van der Waals surface area contributed by atoms with Crippen molar-refractivity contribution in [2.24, 2.45) is 11.0 Å². The van der Waals surface area contributed by atoms with E-state index in [1.54, 1.807) is 24.3 Å². The second kappa shape index (κ2) is 10.5. The number of hydrogen-bond donors (Lipinski definition) is 1. The summed E-state index contributed by atoms with van der Waals surface area (Å²) in [6.45, 7) is 0. The second-order valence-corrected chi connectivity index (χ2v) is 8.96. The molecule has 38 heavy (non-hydrogen) atoms. The third-order valence-corrected chi connectivity index (χ3v) is 6.63. The summed E-state index contributed by atoms with van der Waals surface area (Å²) in [7, 11) is 0. The van der Waals surface area contributed by atoms with Crippen LogP contribution in [0.5, 0.6) is 5.75 Å². The van der Waals surface area contributed by atoms with Gasteiger partial charge in [0.25, 0.3) is 5.69 Å². The van der Waals surface area contributed by atoms with Gasteiger partial charge in [0.1, 0.15) is 5.75 Å². The van der Waals surface area contributed by atoms with Gasteiger partial charge in [-0.3, -0.25) is 14.9 Å². The predicted octanol–water partition coefficient (Wildman–Crippen LogP) is 5.27. The van der Waals surface area contributed by atoms with Gasteiger partial charge < -0.3 is 4.74 Å². The maximum atomic E-state index is 13.1. The average molecular weight is 506 g/mol. The molecule has 0 saturated heterocycles. The lowest BCUT2D eigenvalue weighted by molar-refractivity contribution is -0.384. The molecule has 0 aliphatic heterocycles. The van der Waals surface area contributed by atoms with Crippen LogP contribution >= 0.6 is 0 Å². The topological polar surface area (TPSA) is 111 Å². The van der Waals surface area contributed by atoms with Gasteiger partial charge in [0, 0.05) is 17.5 Å². The minimum Gasteiger partial charge on any atom is -0.423 e. The molecule has 0 aromatic heterocycles. The lowest BCUT2D eigenvalue weighted by Gasteiger charge is -2.18. The highest BCUT2D eigenvalue weighted by molar-refractivity contribution is 5.92. The molecule has 0 spiro atoms. The molecule has 4 aromatic carbocycles. The van der Waals surface area contributed by atoms with Gasteiger partial charge in [0.2, 0.25) is 5.91 Å². The van der Waals surface area contributed by atoms with Crippen molar-refractivity contribution < 1.29 is 19.2 Å². The number of nitro benzene ring substituents is 1. The smallest absolute Gasteiger partial charge is 0.343 e. The SMILES string of the molecule is O=C(Oc1cccc(/C=N\NC(=O)[C@H]2CC2(c2ccccc2)c2ccccc2)c1)c1ccc([N+](=O)[O-])cc1. The number of esters is 1. The molecule has 1 atom stereocenters. The Morgan fingerprint density at radius 3 is 2.13 bits per heavy atom. The number of hydrogen-bond acceptors (Lipinski definition) is 6. The van der Waals surface area contributed by atoms with Crippen molar-refractivity contribution in [3.63, 3.8) is 0 Å². The Bertz CT molecular complexity index is 1460. The molecule has 1 aliphatic rings. The number of ether oxygens (including phenoxy) is 1. The second-order valence-electron chi connectivity index (χ2n) is 8.96. The van der Waals surface area contributed by atoms with Crippen LogP contribution in [0.15, 0.2) is 114 Å². The van der Waals surface area contributed by atoms with E-state index in [4.69, 9.17) is 4.74 Å². The fourth-order valence-electron chi connectivity index (χ4n) is 4.65. The Morgan fingerprint density at radius 1 is 0.895 bits per heavy atom. The first-order valence-electron chi connectivity index (χ1n) is 12.0. The molecule has 5 rings (SSSR count). The summed E-state index contributed by atoms with van der Waals surface area (Å²) >= 11 is 0. The number of nitrogens with one attached hydrogen (secondary N) is 1. The summed E-state index contributed by atoms with van der Waals surface area (Å²) in [4.78, 5) is 35.7. The van der Waals surface area contributed by atoms with Crippen molar-refractivity contribution in [2.45, 2.75) is 11.8 Å². The van der Waals surface area contributed by atoms with Gasteiger partial charge in [0.05, 0.1) is 22.6 Å². The van der Waals surface area contributed by atoms with Gasteiger partial charge in [-0.15, -0.1) is 0 Å². The number of carbonyl (C=O) groups is 2.